The quantitative estimate of drug-likeness (QED) is 0.152. The molecular weight excluding hydrogens is 1720 g/mol. The number of fused-ring (bicyclic) bond motifs is 25. The van der Waals surface area contributed by atoms with Crippen molar-refractivity contribution in [3.63, 3.8) is 0 Å². The van der Waals surface area contributed by atoms with Crippen molar-refractivity contribution in [1.29, 1.82) is 0 Å². The van der Waals surface area contributed by atoms with E-state index >= 15 is 0 Å². The van der Waals surface area contributed by atoms with E-state index in [9.17, 15) is 0 Å². The molecule has 16 bridgehead atoms. The van der Waals surface area contributed by atoms with Gasteiger partial charge in [0.05, 0.1) is 50.6 Å². The Morgan fingerprint density at radius 1 is 0.254 bits per heavy atom. The zero-order chi connectivity index (χ0) is 92.5. The fourth-order valence-corrected chi connectivity index (χ4v) is 20.9. The van der Waals surface area contributed by atoms with Gasteiger partial charge in [0.25, 0.3) is 0 Å². The molecule has 16 aromatic rings. The van der Waals surface area contributed by atoms with Gasteiger partial charge in [0.15, 0.2) is 0 Å². The fourth-order valence-electron chi connectivity index (χ4n) is 20.9. The molecule has 0 N–H and O–H groups in total. The Hall–Kier alpha value is -12.3. The van der Waals surface area contributed by atoms with Crippen LogP contribution in [0.1, 0.15) is 262 Å². The van der Waals surface area contributed by atoms with E-state index in [-0.39, 0.29) is 76.3 Å². The van der Waals surface area contributed by atoms with Gasteiger partial charge in [-0.05, 0) is 241 Å². The first-order valence-electron chi connectivity index (χ1n) is 47.3. The van der Waals surface area contributed by atoms with Crippen molar-refractivity contribution < 1.29 is 33.0 Å². The molecule has 0 amide bonds. The maximum absolute atomic E-state index is 6.68. The minimum Gasteiger partial charge on any atom is -0.657 e. The second-order valence-corrected chi connectivity index (χ2v) is 46.0. The largest absolute Gasteiger partial charge is 2.00 e. The Morgan fingerprint density at radius 2 is 0.545 bits per heavy atom. The van der Waals surface area contributed by atoms with Crippen LogP contribution in [0, 0.1) is 0 Å². The molecule has 8 nitrogen and oxygen atoms in total. The van der Waals surface area contributed by atoms with Crippen LogP contribution in [-0.2, 0) is 81.7 Å². The summed E-state index contributed by atoms with van der Waals surface area (Å²) in [4.78, 5) is 49.2. The number of allylic oxidation sites excluding steroid dienone is 1. The molecule has 5 aliphatic rings. The predicted molar refractivity (Wildman–Crippen MR) is 560 cm³/mol. The standard InChI is InChI=1S/C124H118N8.2Ni/c1-116(2,3)76-37-25-70(26-38-76)103-90-53-55-93(125-90)106(73-31-43-79(44-32-73)119(10,11)12)97-61-64-101(130-97)110-86-52-50-83(123(22,23)24)68-88(86)124(89-69-102(131-113(89)110)107(98-58-57-94(103)127-98)74-33-45-80(46-34-74)120(13,14)15)66-65-85-87-67-82(122(19,20)21)49-51-84(87)109-100-63-60-96(129-100)105(72-29-41-78(42-30-72)118(7,8)9)92-56-54-91(126-92)104(71-27-39-77(40-28-71)117(4,5)6)95-59-62-99(128-95)108(115-112(124)111(85)114(109)132-115)75-35-47-81(48-36-75)121(16,17)18;;/h25-65,67-69H,66H2,1-24H3;;/q-4;2*+2. The molecule has 0 saturated carbocycles. The van der Waals surface area contributed by atoms with Gasteiger partial charge in [-0.15, -0.1) is 44.1 Å². The summed E-state index contributed by atoms with van der Waals surface area (Å²) in [5.74, 6) is 0. The SMILES string of the molecule is CC(C)(C)c1ccc(-c2c3nc(c(-c4ccc(C(C)(C)C)cc4)c4ccc([n-]4)c4c5nc(c(-c6ccc(C(C)(C)C)cc6)c6ccc2[n-]6)C=C5C2(CC=c5c6cc(C(C)(C)C)ccc6c6c7ccc([n-]7)c(-c7ccc(C(C)(C)C)cc7)c7nc(c(-c8ccc(C(C)(C)C)cc8)c8ccc([n-]8)c(-c8ccc(C(C)(C)C)cc8)c8nc6c5c82)C=C7)c2cc(C(C)(C)C)ccc2-4)C=C3)cc1.[Ni+2].[Ni+2]. The molecule has 1 atom stereocenters. The van der Waals surface area contributed by atoms with Crippen LogP contribution in [-0.4, -0.2) is 19.9 Å². The van der Waals surface area contributed by atoms with E-state index in [4.69, 9.17) is 39.9 Å². The molecule has 134 heavy (non-hydrogen) atoms. The summed E-state index contributed by atoms with van der Waals surface area (Å²) in [6, 6.07) is 87.6. The predicted octanol–water partition coefficient (Wildman–Crippen LogP) is 31.2. The summed E-state index contributed by atoms with van der Waals surface area (Å²) >= 11 is 0. The topological polar surface area (TPSA) is 108 Å². The van der Waals surface area contributed by atoms with Crippen molar-refractivity contribution in [1.82, 2.24) is 39.9 Å². The molecule has 21 rings (SSSR count). The van der Waals surface area contributed by atoms with Crippen molar-refractivity contribution in [3.8, 4) is 77.9 Å². The van der Waals surface area contributed by atoms with Crippen molar-refractivity contribution >= 4 is 119 Å². The molecule has 0 radical (unpaired) electrons. The van der Waals surface area contributed by atoms with Gasteiger partial charge in [-0.1, -0.05) is 397 Å². The molecule has 674 valence electrons. The van der Waals surface area contributed by atoms with Crippen LogP contribution in [0.2, 0.25) is 0 Å². The van der Waals surface area contributed by atoms with Gasteiger partial charge in [0.2, 0.25) is 0 Å². The second kappa shape index (κ2) is 31.9. The zero-order valence-corrected chi connectivity index (χ0v) is 83.8. The Labute approximate surface area is 810 Å². The molecule has 3 aliphatic heterocycles. The minimum atomic E-state index is -1.09. The van der Waals surface area contributed by atoms with Gasteiger partial charge in [-0.3, -0.25) is 0 Å². The van der Waals surface area contributed by atoms with Gasteiger partial charge in [0, 0.05) is 10.9 Å². The maximum atomic E-state index is 6.68. The number of hydrogen-bond donors (Lipinski definition) is 0. The Morgan fingerprint density at radius 3 is 0.896 bits per heavy atom. The maximum Gasteiger partial charge on any atom is 2.00 e. The van der Waals surface area contributed by atoms with E-state index in [2.05, 4.69) is 433 Å². The van der Waals surface area contributed by atoms with Crippen LogP contribution >= 0.6 is 0 Å². The fraction of sp³-hybridized carbons (Fsp3) is 0.274. The average Bonchev–Trinajstić information content (AvgIpc) is 1.46. The molecule has 2 aliphatic carbocycles. The van der Waals surface area contributed by atoms with Crippen LogP contribution < -0.4 is 25.2 Å². The zero-order valence-electron chi connectivity index (χ0n) is 81.8. The van der Waals surface area contributed by atoms with Gasteiger partial charge < -0.3 is 19.9 Å². The Kier molecular flexibility index (Phi) is 21.6. The number of hydrogen-bond acceptors (Lipinski definition) is 4. The van der Waals surface area contributed by atoms with E-state index in [1.54, 1.807) is 0 Å². The second-order valence-electron chi connectivity index (χ2n) is 46.0. The first-order chi connectivity index (χ1) is 62.4. The summed E-state index contributed by atoms with van der Waals surface area (Å²) in [6.45, 7) is 55.2. The molecule has 10 heteroatoms. The molecule has 1 unspecified atom stereocenters. The smallest absolute Gasteiger partial charge is 0.657 e. The van der Waals surface area contributed by atoms with Gasteiger partial charge in [0.1, 0.15) is 0 Å². The van der Waals surface area contributed by atoms with Gasteiger partial charge in [-0.25, -0.2) is 19.9 Å². The van der Waals surface area contributed by atoms with Crippen LogP contribution in [0.25, 0.3) is 197 Å². The third-order valence-corrected chi connectivity index (χ3v) is 28.7. The van der Waals surface area contributed by atoms with Crippen molar-refractivity contribution in [2.45, 2.75) is 221 Å². The molecule has 10 heterocycles. The van der Waals surface area contributed by atoms with Crippen LogP contribution in [0.4, 0.5) is 0 Å². The van der Waals surface area contributed by atoms with Crippen molar-refractivity contribution in [2.24, 2.45) is 0 Å². The summed E-state index contributed by atoms with van der Waals surface area (Å²) in [5, 5.41) is 5.40. The van der Waals surface area contributed by atoms with Crippen LogP contribution in [0.15, 0.2) is 231 Å². The third-order valence-electron chi connectivity index (χ3n) is 28.7. The Balaban J connectivity index is 0.00000578. The van der Waals surface area contributed by atoms with E-state index in [0.717, 1.165) is 211 Å². The molecule has 0 fully saturated rings. The van der Waals surface area contributed by atoms with E-state index in [0.29, 0.717) is 6.42 Å². The van der Waals surface area contributed by atoms with Crippen LogP contribution in [0.5, 0.6) is 0 Å². The summed E-state index contributed by atoms with van der Waals surface area (Å²) in [6.07, 6.45) is 14.4. The molecule has 7 aromatic heterocycles. The molecular formula is C124H118N8Ni2. The van der Waals surface area contributed by atoms with E-state index in [1.807, 2.05) is 0 Å². The van der Waals surface area contributed by atoms with E-state index in [1.165, 1.54) is 44.5 Å². The first kappa shape index (κ1) is 90.8. The number of aromatic nitrogens is 8. The summed E-state index contributed by atoms with van der Waals surface area (Å²) in [5.41, 5.74) is 37.6. The molecule has 1 spiro atoms. The minimum absolute atomic E-state index is 0. The number of nitrogens with zero attached hydrogens (tertiary/aromatic N) is 8. The van der Waals surface area contributed by atoms with Crippen LogP contribution in [0.3, 0.4) is 0 Å². The average molecular weight is 1840 g/mol. The number of rotatable bonds is 6. The van der Waals surface area contributed by atoms with Crippen molar-refractivity contribution in [3.05, 3.63) is 326 Å². The normalized spacial score (nSPS) is 14.8. The molecule has 9 aromatic carbocycles. The number of benzene rings is 9. The monoisotopic (exact) mass is 1830 g/mol. The summed E-state index contributed by atoms with van der Waals surface area (Å²) < 4.78 is 0. The third kappa shape index (κ3) is 15.3. The molecule has 0 saturated heterocycles. The summed E-state index contributed by atoms with van der Waals surface area (Å²) in [7, 11) is 0. The van der Waals surface area contributed by atoms with E-state index < -0.39 is 5.41 Å². The van der Waals surface area contributed by atoms with Gasteiger partial charge >= 0.3 is 33.0 Å². The first-order valence-corrected chi connectivity index (χ1v) is 47.3. The van der Waals surface area contributed by atoms with Crippen molar-refractivity contribution in [2.75, 3.05) is 0 Å². The Bertz CT molecular complexity index is 8020. The van der Waals surface area contributed by atoms with Gasteiger partial charge in [-0.2, -0.15) is 0 Å².